The maximum absolute atomic E-state index is 12.9. The molecule has 7 heteroatoms. The Morgan fingerprint density at radius 1 is 0.895 bits per heavy atom. The summed E-state index contributed by atoms with van der Waals surface area (Å²) in [7, 11) is 1.36. The second kappa shape index (κ2) is 13.1. The fourth-order valence-electron chi connectivity index (χ4n) is 5.11. The molecule has 1 aliphatic heterocycles. The number of methoxy groups -OCH3 is 1. The Morgan fingerprint density at radius 3 is 2.21 bits per heavy atom. The molecule has 38 heavy (non-hydrogen) atoms. The first kappa shape index (κ1) is 27.2. The molecule has 3 aromatic rings. The molecule has 0 unspecified atom stereocenters. The number of hydrogen-bond acceptors (Lipinski definition) is 5. The smallest absolute Gasteiger partial charge is 0.411 e. The van der Waals surface area contributed by atoms with Crippen LogP contribution in [0.15, 0.2) is 78.9 Å². The van der Waals surface area contributed by atoms with Crippen LogP contribution in [0, 0.1) is 0 Å². The van der Waals surface area contributed by atoms with E-state index in [0.29, 0.717) is 24.3 Å². The van der Waals surface area contributed by atoms with Crippen molar-refractivity contribution in [1.82, 2.24) is 9.80 Å². The second-order valence-electron chi connectivity index (χ2n) is 9.55. The number of nitrogens with zero attached hydrogens (tertiary/aromatic N) is 3. The van der Waals surface area contributed by atoms with Crippen molar-refractivity contribution in [3.63, 3.8) is 0 Å². The summed E-state index contributed by atoms with van der Waals surface area (Å²) in [5.41, 5.74) is 4.71. The molecule has 0 saturated carbocycles. The van der Waals surface area contributed by atoms with Crippen molar-refractivity contribution >= 4 is 29.1 Å². The summed E-state index contributed by atoms with van der Waals surface area (Å²) < 4.78 is 4.78. The van der Waals surface area contributed by atoms with Crippen molar-refractivity contribution in [2.45, 2.75) is 39.3 Å². The van der Waals surface area contributed by atoms with Gasteiger partial charge in [-0.3, -0.25) is 15.0 Å². The number of rotatable bonds is 9. The minimum atomic E-state index is -0.498. The summed E-state index contributed by atoms with van der Waals surface area (Å²) in [4.78, 5) is 31.4. The molecule has 0 bridgehead atoms. The molecule has 0 spiro atoms. The maximum Gasteiger partial charge on any atom is 0.411 e. The Balaban J connectivity index is 1.58. The van der Waals surface area contributed by atoms with Crippen LogP contribution in [0.5, 0.6) is 0 Å². The van der Waals surface area contributed by atoms with Crippen LogP contribution in [-0.4, -0.2) is 61.1 Å². The van der Waals surface area contributed by atoms with Gasteiger partial charge in [0.2, 0.25) is 0 Å². The molecule has 1 N–H and O–H groups in total. The van der Waals surface area contributed by atoms with E-state index in [-0.39, 0.29) is 11.9 Å². The number of carbonyl (C=O) groups excluding carboxylic acids is 2. The van der Waals surface area contributed by atoms with Gasteiger partial charge in [-0.2, -0.15) is 0 Å². The van der Waals surface area contributed by atoms with E-state index in [1.807, 2.05) is 61.2 Å². The monoisotopic (exact) mass is 514 g/mol. The van der Waals surface area contributed by atoms with Crippen LogP contribution in [0.2, 0.25) is 0 Å². The van der Waals surface area contributed by atoms with E-state index in [4.69, 9.17) is 4.74 Å². The first-order valence-electron chi connectivity index (χ1n) is 13.4. The summed E-state index contributed by atoms with van der Waals surface area (Å²) in [5, 5.41) is 2.78. The number of amides is 2. The number of benzene rings is 3. The largest absolute Gasteiger partial charge is 0.453 e. The predicted molar refractivity (Wildman–Crippen MR) is 153 cm³/mol. The van der Waals surface area contributed by atoms with Gasteiger partial charge >= 0.3 is 6.09 Å². The van der Waals surface area contributed by atoms with Gasteiger partial charge in [0.25, 0.3) is 5.91 Å². The molecule has 1 aliphatic rings. The first-order valence-corrected chi connectivity index (χ1v) is 13.4. The molecule has 4 rings (SSSR count). The van der Waals surface area contributed by atoms with Crippen LogP contribution in [0.4, 0.5) is 21.9 Å². The SMILES string of the molecule is CCN(CC)C(=O)c1ccc(N(c2cccc(NC(=O)OC)c2)C2CCN(Cc3ccccc3)CC2)cc1. The summed E-state index contributed by atoms with van der Waals surface area (Å²) in [6.45, 7) is 8.31. The number of anilines is 3. The van der Waals surface area contributed by atoms with Crippen molar-refractivity contribution < 1.29 is 14.3 Å². The number of likely N-dealkylation sites (tertiary alicyclic amines) is 1. The number of carbonyl (C=O) groups is 2. The van der Waals surface area contributed by atoms with E-state index in [2.05, 4.69) is 51.5 Å². The molecule has 0 radical (unpaired) electrons. The van der Waals surface area contributed by atoms with Crippen LogP contribution in [-0.2, 0) is 11.3 Å². The Bertz CT molecular complexity index is 1190. The van der Waals surface area contributed by atoms with E-state index in [0.717, 1.165) is 43.9 Å². The maximum atomic E-state index is 12.9. The third-order valence-electron chi connectivity index (χ3n) is 7.17. The van der Waals surface area contributed by atoms with Gasteiger partial charge in [-0.15, -0.1) is 0 Å². The lowest BCUT2D eigenvalue weighted by Crippen LogP contribution is -2.43. The van der Waals surface area contributed by atoms with E-state index in [1.54, 1.807) is 0 Å². The summed E-state index contributed by atoms with van der Waals surface area (Å²) in [5.74, 6) is 0.0478. The van der Waals surface area contributed by atoms with Gasteiger partial charge < -0.3 is 14.5 Å². The van der Waals surface area contributed by atoms with Crippen molar-refractivity contribution in [3.05, 3.63) is 90.0 Å². The molecule has 0 atom stereocenters. The third-order valence-corrected chi connectivity index (χ3v) is 7.17. The quantitative estimate of drug-likeness (QED) is 0.371. The Morgan fingerprint density at radius 2 is 1.58 bits per heavy atom. The van der Waals surface area contributed by atoms with Gasteiger partial charge in [0, 0.05) is 61.4 Å². The zero-order chi connectivity index (χ0) is 26.9. The molecule has 1 fully saturated rings. The van der Waals surface area contributed by atoms with Crippen LogP contribution in [0.3, 0.4) is 0 Å². The minimum absolute atomic E-state index is 0.0478. The standard InChI is InChI=1S/C31H38N4O3/c1-4-34(5-2)30(36)25-14-16-27(17-15-25)35(29-13-9-12-26(22-29)32-31(37)38-3)28-18-20-33(21-19-28)23-24-10-7-6-8-11-24/h6-17,22,28H,4-5,18-21,23H2,1-3H3,(H,32,37). The lowest BCUT2D eigenvalue weighted by molar-refractivity contribution is 0.0773. The lowest BCUT2D eigenvalue weighted by atomic mass is 10.00. The van der Waals surface area contributed by atoms with Gasteiger partial charge in [0.1, 0.15) is 0 Å². The van der Waals surface area contributed by atoms with E-state index in [1.165, 1.54) is 12.7 Å². The zero-order valence-corrected chi connectivity index (χ0v) is 22.6. The fourth-order valence-corrected chi connectivity index (χ4v) is 5.11. The number of piperidine rings is 1. The van der Waals surface area contributed by atoms with Gasteiger partial charge in [-0.25, -0.2) is 4.79 Å². The average molecular weight is 515 g/mol. The number of nitrogens with one attached hydrogen (secondary N) is 1. The zero-order valence-electron chi connectivity index (χ0n) is 22.6. The third kappa shape index (κ3) is 6.72. The predicted octanol–water partition coefficient (Wildman–Crippen LogP) is 6.15. The summed E-state index contributed by atoms with van der Waals surface area (Å²) in [6, 6.07) is 26.6. The minimum Gasteiger partial charge on any atom is -0.453 e. The van der Waals surface area contributed by atoms with Gasteiger partial charge in [-0.1, -0.05) is 36.4 Å². The fraction of sp³-hybridized carbons (Fsp3) is 0.355. The van der Waals surface area contributed by atoms with Crippen LogP contribution >= 0.6 is 0 Å². The van der Waals surface area contributed by atoms with Crippen molar-refractivity contribution in [1.29, 1.82) is 0 Å². The highest BCUT2D eigenvalue weighted by Crippen LogP contribution is 2.34. The Labute approximate surface area is 226 Å². The molecular weight excluding hydrogens is 476 g/mol. The molecule has 1 heterocycles. The normalized spacial score (nSPS) is 14.1. The molecule has 0 aliphatic carbocycles. The van der Waals surface area contributed by atoms with Crippen LogP contribution < -0.4 is 10.2 Å². The van der Waals surface area contributed by atoms with Crippen molar-refractivity contribution in [2.24, 2.45) is 0 Å². The number of ether oxygens (including phenoxy) is 1. The molecule has 1 saturated heterocycles. The van der Waals surface area contributed by atoms with Crippen LogP contribution in [0.1, 0.15) is 42.6 Å². The topological polar surface area (TPSA) is 65.1 Å². The van der Waals surface area contributed by atoms with E-state index >= 15 is 0 Å². The molecule has 3 aromatic carbocycles. The van der Waals surface area contributed by atoms with Gasteiger partial charge in [0.05, 0.1) is 7.11 Å². The van der Waals surface area contributed by atoms with Gasteiger partial charge in [-0.05, 0) is 74.7 Å². The Kier molecular flexibility index (Phi) is 9.38. The Hall–Kier alpha value is -3.84. The second-order valence-corrected chi connectivity index (χ2v) is 9.55. The van der Waals surface area contributed by atoms with Gasteiger partial charge in [0.15, 0.2) is 0 Å². The molecular formula is C31H38N4O3. The molecule has 0 aromatic heterocycles. The molecule has 7 nitrogen and oxygen atoms in total. The first-order chi connectivity index (χ1) is 18.5. The highest BCUT2D eigenvalue weighted by Gasteiger charge is 2.27. The molecule has 200 valence electrons. The summed E-state index contributed by atoms with van der Waals surface area (Å²) in [6.07, 6.45) is 1.51. The number of hydrogen-bond donors (Lipinski definition) is 1. The van der Waals surface area contributed by atoms with Crippen LogP contribution in [0.25, 0.3) is 0 Å². The lowest BCUT2D eigenvalue weighted by Gasteiger charge is -2.40. The van der Waals surface area contributed by atoms with E-state index in [9.17, 15) is 9.59 Å². The van der Waals surface area contributed by atoms with Crippen molar-refractivity contribution in [3.8, 4) is 0 Å². The molecule has 2 amide bonds. The van der Waals surface area contributed by atoms with Crippen molar-refractivity contribution in [2.75, 3.05) is 43.5 Å². The highest BCUT2D eigenvalue weighted by atomic mass is 16.5. The highest BCUT2D eigenvalue weighted by molar-refractivity contribution is 5.94. The summed E-state index contributed by atoms with van der Waals surface area (Å²) >= 11 is 0. The van der Waals surface area contributed by atoms with E-state index < -0.39 is 6.09 Å². The average Bonchev–Trinajstić information content (AvgIpc) is 2.96.